The lowest BCUT2D eigenvalue weighted by molar-refractivity contribution is 0.0639. The predicted molar refractivity (Wildman–Crippen MR) is 70.1 cm³/mol. The molecule has 18 heavy (non-hydrogen) atoms. The molecule has 0 bridgehead atoms. The first-order valence-electron chi connectivity index (χ1n) is 5.68. The zero-order valence-electron chi connectivity index (χ0n) is 9.98. The fourth-order valence-corrected chi connectivity index (χ4v) is 2.97. The van der Waals surface area contributed by atoms with Crippen molar-refractivity contribution in [2.24, 2.45) is 0 Å². The molecule has 1 N–H and O–H groups in total. The maximum Gasteiger partial charge on any atom is 0.162 e. The van der Waals surface area contributed by atoms with Gasteiger partial charge in [-0.3, -0.25) is 0 Å². The van der Waals surface area contributed by atoms with Crippen molar-refractivity contribution >= 4 is 28.1 Å². The largest absolute Gasteiger partial charge is 0.382 e. The minimum absolute atomic E-state index is 0.0149. The number of halogens is 1. The van der Waals surface area contributed by atoms with Crippen molar-refractivity contribution in [3.05, 3.63) is 10.7 Å². The molecule has 0 amide bonds. The van der Waals surface area contributed by atoms with Crippen molar-refractivity contribution in [1.29, 1.82) is 5.26 Å². The molecule has 1 aliphatic heterocycles. The highest BCUT2D eigenvalue weighted by Gasteiger charge is 2.27. The second-order valence-electron chi connectivity index (χ2n) is 4.05. The van der Waals surface area contributed by atoms with Gasteiger partial charge < -0.3 is 14.8 Å². The van der Waals surface area contributed by atoms with Crippen LogP contribution >= 0.6 is 23.1 Å². The Morgan fingerprint density at radius 1 is 1.78 bits per heavy atom. The molecule has 1 aromatic rings. The first-order chi connectivity index (χ1) is 8.76. The fourth-order valence-electron chi connectivity index (χ4n) is 1.98. The number of methoxy groups -OCH3 is 1. The SMILES string of the molecule is COC[C@H](Nc1snc(Cl)c1C#N)[C@@H]1CCCO1. The van der Waals surface area contributed by atoms with E-state index >= 15 is 0 Å². The normalized spacial score (nSPS) is 20.6. The summed E-state index contributed by atoms with van der Waals surface area (Å²) in [6.07, 6.45) is 2.16. The van der Waals surface area contributed by atoms with Crippen LogP contribution in [0.15, 0.2) is 0 Å². The van der Waals surface area contributed by atoms with Crippen molar-refractivity contribution < 1.29 is 9.47 Å². The Morgan fingerprint density at radius 2 is 2.61 bits per heavy atom. The lowest BCUT2D eigenvalue weighted by atomic mass is 10.1. The Kier molecular flexibility index (Phi) is 4.78. The van der Waals surface area contributed by atoms with Gasteiger partial charge in [-0.2, -0.15) is 9.64 Å². The Balaban J connectivity index is 2.10. The van der Waals surface area contributed by atoms with Crippen LogP contribution < -0.4 is 5.32 Å². The summed E-state index contributed by atoms with van der Waals surface area (Å²) >= 11 is 7.03. The molecule has 0 saturated carbocycles. The number of aromatic nitrogens is 1. The summed E-state index contributed by atoms with van der Waals surface area (Å²) in [5.41, 5.74) is 0.390. The van der Waals surface area contributed by atoms with Gasteiger partial charge in [-0.1, -0.05) is 11.6 Å². The highest BCUT2D eigenvalue weighted by Crippen LogP contribution is 2.29. The van der Waals surface area contributed by atoms with Crippen LogP contribution in [0.2, 0.25) is 5.15 Å². The van der Waals surface area contributed by atoms with Crippen LogP contribution in [-0.2, 0) is 9.47 Å². The van der Waals surface area contributed by atoms with E-state index in [1.54, 1.807) is 7.11 Å². The number of hydrogen-bond acceptors (Lipinski definition) is 6. The smallest absolute Gasteiger partial charge is 0.162 e. The van der Waals surface area contributed by atoms with Crippen LogP contribution in [0.4, 0.5) is 5.00 Å². The summed E-state index contributed by atoms with van der Waals surface area (Å²) in [6, 6.07) is 2.07. The van der Waals surface area contributed by atoms with Crippen molar-refractivity contribution in [1.82, 2.24) is 4.37 Å². The molecule has 1 saturated heterocycles. The summed E-state index contributed by atoms with van der Waals surface area (Å²) in [5.74, 6) is 0. The summed E-state index contributed by atoms with van der Waals surface area (Å²) in [7, 11) is 1.65. The first-order valence-corrected chi connectivity index (χ1v) is 6.83. The van der Waals surface area contributed by atoms with Crippen molar-refractivity contribution in [2.45, 2.75) is 25.0 Å². The number of nitriles is 1. The lowest BCUT2D eigenvalue weighted by Crippen LogP contribution is -2.37. The van der Waals surface area contributed by atoms with Gasteiger partial charge in [-0.25, -0.2) is 0 Å². The van der Waals surface area contributed by atoms with E-state index in [2.05, 4.69) is 15.8 Å². The number of nitrogens with one attached hydrogen (secondary N) is 1. The standard InChI is InChI=1S/C11H14ClN3O2S/c1-16-6-8(9-3-2-4-17-9)14-11-7(5-13)10(12)15-18-11/h8-9,14H,2-4,6H2,1H3/t8-,9-/m0/s1. The van der Waals surface area contributed by atoms with Gasteiger partial charge in [-0.15, -0.1) is 0 Å². The van der Waals surface area contributed by atoms with Crippen LogP contribution in [0.25, 0.3) is 0 Å². The second-order valence-corrected chi connectivity index (χ2v) is 5.18. The molecule has 0 unspecified atom stereocenters. The molecule has 7 heteroatoms. The lowest BCUT2D eigenvalue weighted by Gasteiger charge is -2.23. The van der Waals surface area contributed by atoms with E-state index in [0.717, 1.165) is 19.4 Å². The number of anilines is 1. The zero-order chi connectivity index (χ0) is 13.0. The van der Waals surface area contributed by atoms with Crippen LogP contribution in [-0.4, -0.2) is 36.8 Å². The average Bonchev–Trinajstić information content (AvgIpc) is 2.98. The van der Waals surface area contributed by atoms with E-state index in [0.29, 0.717) is 17.2 Å². The molecule has 2 atom stereocenters. The molecular formula is C11H14ClN3O2S. The van der Waals surface area contributed by atoms with Gasteiger partial charge >= 0.3 is 0 Å². The third-order valence-electron chi connectivity index (χ3n) is 2.84. The predicted octanol–water partition coefficient (Wildman–Crippen LogP) is 2.27. The molecule has 0 aromatic carbocycles. The minimum Gasteiger partial charge on any atom is -0.382 e. The van der Waals surface area contributed by atoms with Crippen LogP contribution in [0.3, 0.4) is 0 Å². The Labute approximate surface area is 115 Å². The molecule has 1 fully saturated rings. The molecule has 0 aliphatic carbocycles. The fraction of sp³-hybridized carbons (Fsp3) is 0.636. The highest BCUT2D eigenvalue weighted by molar-refractivity contribution is 7.10. The quantitative estimate of drug-likeness (QED) is 0.900. The van der Waals surface area contributed by atoms with Crippen LogP contribution in [0.1, 0.15) is 18.4 Å². The van der Waals surface area contributed by atoms with E-state index in [4.69, 9.17) is 26.3 Å². The molecular weight excluding hydrogens is 274 g/mol. The van der Waals surface area contributed by atoms with Gasteiger partial charge in [0.15, 0.2) is 5.15 Å². The number of nitrogens with zero attached hydrogens (tertiary/aromatic N) is 2. The third-order valence-corrected chi connectivity index (χ3v) is 3.99. The van der Waals surface area contributed by atoms with E-state index in [1.165, 1.54) is 11.5 Å². The molecule has 98 valence electrons. The Bertz CT molecular complexity index is 440. The van der Waals surface area contributed by atoms with E-state index < -0.39 is 0 Å². The third kappa shape index (κ3) is 2.93. The number of ether oxygens (including phenoxy) is 2. The van der Waals surface area contributed by atoms with Gasteiger partial charge in [0.2, 0.25) is 0 Å². The molecule has 2 rings (SSSR count). The maximum absolute atomic E-state index is 9.03. The van der Waals surface area contributed by atoms with Crippen molar-refractivity contribution in [3.8, 4) is 6.07 Å². The minimum atomic E-state index is 0.0149. The van der Waals surface area contributed by atoms with Gasteiger partial charge in [0.1, 0.15) is 16.6 Å². The number of rotatable bonds is 5. The highest BCUT2D eigenvalue weighted by atomic mass is 35.5. The van der Waals surface area contributed by atoms with Gasteiger partial charge in [-0.05, 0) is 24.4 Å². The molecule has 1 aliphatic rings. The number of hydrogen-bond donors (Lipinski definition) is 1. The average molecular weight is 288 g/mol. The van der Waals surface area contributed by atoms with Gasteiger partial charge in [0.05, 0.1) is 18.8 Å². The molecule has 0 radical (unpaired) electrons. The van der Waals surface area contributed by atoms with Crippen LogP contribution in [0.5, 0.6) is 0 Å². The molecule has 0 spiro atoms. The molecule has 5 nitrogen and oxygen atoms in total. The van der Waals surface area contributed by atoms with Gasteiger partial charge in [0.25, 0.3) is 0 Å². The maximum atomic E-state index is 9.03. The van der Waals surface area contributed by atoms with E-state index in [9.17, 15) is 0 Å². The molecule has 2 heterocycles. The zero-order valence-corrected chi connectivity index (χ0v) is 11.6. The topological polar surface area (TPSA) is 67.2 Å². The summed E-state index contributed by atoms with van der Waals surface area (Å²) in [5, 5.41) is 13.2. The Morgan fingerprint density at radius 3 is 3.22 bits per heavy atom. The van der Waals surface area contributed by atoms with E-state index in [-0.39, 0.29) is 17.3 Å². The van der Waals surface area contributed by atoms with E-state index in [1.807, 2.05) is 0 Å². The Hall–Kier alpha value is -0.870. The summed E-state index contributed by atoms with van der Waals surface area (Å²) < 4.78 is 14.8. The van der Waals surface area contributed by atoms with Crippen LogP contribution in [0, 0.1) is 11.3 Å². The summed E-state index contributed by atoms with van der Waals surface area (Å²) in [4.78, 5) is 0. The van der Waals surface area contributed by atoms with Crippen molar-refractivity contribution in [2.75, 3.05) is 25.6 Å². The van der Waals surface area contributed by atoms with Crippen molar-refractivity contribution in [3.63, 3.8) is 0 Å². The first kappa shape index (κ1) is 13.6. The second kappa shape index (κ2) is 6.34. The van der Waals surface area contributed by atoms with Gasteiger partial charge in [0, 0.05) is 13.7 Å². The monoisotopic (exact) mass is 287 g/mol. The molecule has 1 aromatic heterocycles. The summed E-state index contributed by atoms with van der Waals surface area (Å²) in [6.45, 7) is 1.30.